The maximum atomic E-state index is 5.85. The van der Waals surface area contributed by atoms with E-state index in [1.54, 1.807) is 0 Å². The Kier molecular flexibility index (Phi) is 6.50. The summed E-state index contributed by atoms with van der Waals surface area (Å²) >= 11 is 0. The fourth-order valence-corrected chi connectivity index (χ4v) is 3.01. The molecule has 6 heteroatoms. The molecule has 0 amide bonds. The van der Waals surface area contributed by atoms with Crippen molar-refractivity contribution in [1.82, 2.24) is 19.1 Å². The van der Waals surface area contributed by atoms with Crippen LogP contribution in [-0.2, 0) is 19.6 Å². The molecule has 0 aliphatic rings. The first kappa shape index (κ1) is 19.7. The van der Waals surface area contributed by atoms with Crippen LogP contribution in [0.3, 0.4) is 0 Å². The number of nitrogens with zero attached hydrogens (tertiary/aromatic N) is 4. The Hall–Kier alpha value is -3.05. The van der Waals surface area contributed by atoms with Crippen molar-refractivity contribution >= 4 is 12.4 Å². The van der Waals surface area contributed by atoms with Gasteiger partial charge >= 0.3 is 0 Å². The van der Waals surface area contributed by atoms with Crippen LogP contribution in [0.2, 0.25) is 0 Å². The van der Waals surface area contributed by atoms with Crippen molar-refractivity contribution in [3.8, 4) is 11.4 Å². The molecule has 0 fully saturated rings. The first-order chi connectivity index (χ1) is 13.3. The van der Waals surface area contributed by atoms with E-state index in [-0.39, 0.29) is 12.4 Å². The van der Waals surface area contributed by atoms with Crippen molar-refractivity contribution < 1.29 is 4.74 Å². The predicted octanol–water partition coefficient (Wildman–Crippen LogP) is 4.68. The molecule has 0 saturated heterocycles. The Morgan fingerprint density at radius 1 is 0.964 bits per heavy atom. The molecule has 0 saturated carbocycles. The second-order valence-electron chi connectivity index (χ2n) is 6.37. The van der Waals surface area contributed by atoms with Crippen LogP contribution in [0.4, 0.5) is 0 Å². The summed E-state index contributed by atoms with van der Waals surface area (Å²) < 4.78 is 10.0. The molecule has 4 aromatic rings. The van der Waals surface area contributed by atoms with Gasteiger partial charge in [0.15, 0.2) is 0 Å². The van der Waals surface area contributed by atoms with E-state index in [0.717, 1.165) is 41.5 Å². The van der Waals surface area contributed by atoms with Gasteiger partial charge in [-0.2, -0.15) is 0 Å². The third-order valence-corrected chi connectivity index (χ3v) is 4.47. The van der Waals surface area contributed by atoms with Gasteiger partial charge in [-0.15, -0.1) is 12.4 Å². The minimum Gasteiger partial charge on any atom is -0.489 e. The molecule has 4 rings (SSSR count). The molecule has 0 radical (unpaired) electrons. The van der Waals surface area contributed by atoms with Gasteiger partial charge in [0, 0.05) is 30.7 Å². The standard InChI is InChI=1S/C22H22N4O.ClH/c1-2-22-23-12-13-25(22)14-19-15-26(17-24-19)20-8-10-21(11-9-20)27-16-18-6-4-3-5-7-18;/h3-13,15,17H,2,14,16H2,1H3;1H. The zero-order chi connectivity index (χ0) is 18.5. The summed E-state index contributed by atoms with van der Waals surface area (Å²) in [5.41, 5.74) is 3.22. The van der Waals surface area contributed by atoms with Gasteiger partial charge in [0.05, 0.1) is 18.6 Å². The summed E-state index contributed by atoms with van der Waals surface area (Å²) in [4.78, 5) is 8.88. The molecular formula is C22H23ClN4O. The van der Waals surface area contributed by atoms with Gasteiger partial charge in [-0.05, 0) is 29.8 Å². The van der Waals surface area contributed by atoms with E-state index in [1.165, 1.54) is 0 Å². The Bertz CT molecular complexity index is 993. The first-order valence-corrected chi connectivity index (χ1v) is 9.12. The lowest BCUT2D eigenvalue weighted by Crippen LogP contribution is -2.03. The van der Waals surface area contributed by atoms with Crippen molar-refractivity contribution in [2.24, 2.45) is 0 Å². The Balaban J connectivity index is 0.00000225. The molecule has 0 N–H and O–H groups in total. The first-order valence-electron chi connectivity index (χ1n) is 9.12. The SMILES string of the molecule is CCc1nccn1Cc1cn(-c2ccc(OCc3ccccc3)cc2)cn1.Cl. The number of aryl methyl sites for hydroxylation is 1. The summed E-state index contributed by atoms with van der Waals surface area (Å²) in [6.45, 7) is 3.41. The van der Waals surface area contributed by atoms with Gasteiger partial charge in [-0.25, -0.2) is 9.97 Å². The number of hydrogen-bond donors (Lipinski definition) is 0. The summed E-state index contributed by atoms with van der Waals surface area (Å²) in [5.74, 6) is 1.93. The number of benzene rings is 2. The molecule has 2 aromatic heterocycles. The predicted molar refractivity (Wildman–Crippen MR) is 112 cm³/mol. The van der Waals surface area contributed by atoms with Gasteiger partial charge < -0.3 is 13.9 Å². The fraction of sp³-hybridized carbons (Fsp3) is 0.182. The molecule has 0 aliphatic heterocycles. The Morgan fingerprint density at radius 3 is 2.50 bits per heavy atom. The topological polar surface area (TPSA) is 44.9 Å². The second kappa shape index (κ2) is 9.24. The molecule has 0 bridgehead atoms. The Morgan fingerprint density at radius 2 is 1.75 bits per heavy atom. The summed E-state index contributed by atoms with van der Waals surface area (Å²) in [5, 5.41) is 0. The van der Waals surface area contributed by atoms with Crippen LogP contribution in [-0.4, -0.2) is 19.1 Å². The second-order valence-corrected chi connectivity index (χ2v) is 6.37. The van der Waals surface area contributed by atoms with Crippen molar-refractivity contribution in [2.45, 2.75) is 26.5 Å². The minimum absolute atomic E-state index is 0. The minimum atomic E-state index is 0. The molecule has 2 aromatic carbocycles. The molecule has 2 heterocycles. The highest BCUT2D eigenvalue weighted by Gasteiger charge is 2.05. The number of rotatable bonds is 7. The summed E-state index contributed by atoms with van der Waals surface area (Å²) in [6.07, 6.45) is 8.65. The average molecular weight is 395 g/mol. The van der Waals surface area contributed by atoms with E-state index in [0.29, 0.717) is 6.61 Å². The smallest absolute Gasteiger partial charge is 0.119 e. The third-order valence-electron chi connectivity index (χ3n) is 4.47. The molecule has 0 unspecified atom stereocenters. The molecule has 0 atom stereocenters. The Labute approximate surface area is 171 Å². The molecular weight excluding hydrogens is 372 g/mol. The lowest BCUT2D eigenvalue weighted by Gasteiger charge is -2.08. The van der Waals surface area contributed by atoms with Crippen LogP contribution in [0.15, 0.2) is 79.5 Å². The van der Waals surface area contributed by atoms with Crippen LogP contribution in [0.1, 0.15) is 24.0 Å². The van der Waals surface area contributed by atoms with Crippen LogP contribution in [0.5, 0.6) is 5.75 Å². The lowest BCUT2D eigenvalue weighted by molar-refractivity contribution is 0.306. The van der Waals surface area contributed by atoms with Gasteiger partial charge in [0.25, 0.3) is 0 Å². The number of aromatic nitrogens is 4. The molecule has 0 spiro atoms. The molecule has 28 heavy (non-hydrogen) atoms. The monoisotopic (exact) mass is 394 g/mol. The van der Waals surface area contributed by atoms with E-state index in [9.17, 15) is 0 Å². The number of ether oxygens (including phenoxy) is 1. The zero-order valence-corrected chi connectivity index (χ0v) is 16.5. The van der Waals surface area contributed by atoms with Crippen molar-refractivity contribution in [1.29, 1.82) is 0 Å². The molecule has 5 nitrogen and oxygen atoms in total. The van der Waals surface area contributed by atoms with Crippen LogP contribution >= 0.6 is 12.4 Å². The quantitative estimate of drug-likeness (QED) is 0.457. The van der Waals surface area contributed by atoms with Crippen LogP contribution < -0.4 is 4.74 Å². The van der Waals surface area contributed by atoms with Gasteiger partial charge in [-0.1, -0.05) is 37.3 Å². The maximum Gasteiger partial charge on any atom is 0.119 e. The normalized spacial score (nSPS) is 10.5. The van der Waals surface area contributed by atoms with Gasteiger partial charge in [0.1, 0.15) is 18.2 Å². The van der Waals surface area contributed by atoms with E-state index in [2.05, 4.69) is 39.8 Å². The summed E-state index contributed by atoms with van der Waals surface area (Å²) in [6, 6.07) is 18.2. The van der Waals surface area contributed by atoms with Gasteiger partial charge in [-0.3, -0.25) is 0 Å². The number of hydrogen-bond acceptors (Lipinski definition) is 3. The fourth-order valence-electron chi connectivity index (χ4n) is 3.01. The highest BCUT2D eigenvalue weighted by Crippen LogP contribution is 2.17. The average Bonchev–Trinajstić information content (AvgIpc) is 3.37. The largest absolute Gasteiger partial charge is 0.489 e. The van der Waals surface area contributed by atoms with Crippen molar-refractivity contribution in [3.63, 3.8) is 0 Å². The zero-order valence-electron chi connectivity index (χ0n) is 15.7. The van der Waals surface area contributed by atoms with Crippen molar-refractivity contribution in [2.75, 3.05) is 0 Å². The van der Waals surface area contributed by atoms with Crippen LogP contribution in [0.25, 0.3) is 5.69 Å². The van der Waals surface area contributed by atoms with E-state index >= 15 is 0 Å². The molecule has 144 valence electrons. The van der Waals surface area contributed by atoms with E-state index in [1.807, 2.05) is 65.8 Å². The van der Waals surface area contributed by atoms with Crippen molar-refractivity contribution in [3.05, 3.63) is 96.6 Å². The van der Waals surface area contributed by atoms with E-state index in [4.69, 9.17) is 4.74 Å². The van der Waals surface area contributed by atoms with Crippen LogP contribution in [0, 0.1) is 0 Å². The van der Waals surface area contributed by atoms with E-state index < -0.39 is 0 Å². The number of imidazole rings is 2. The highest BCUT2D eigenvalue weighted by molar-refractivity contribution is 5.85. The number of halogens is 1. The van der Waals surface area contributed by atoms with Gasteiger partial charge in [0.2, 0.25) is 0 Å². The maximum absolute atomic E-state index is 5.85. The summed E-state index contributed by atoms with van der Waals surface area (Å²) in [7, 11) is 0. The highest BCUT2D eigenvalue weighted by atomic mass is 35.5. The molecule has 0 aliphatic carbocycles. The lowest BCUT2D eigenvalue weighted by atomic mass is 10.2. The third kappa shape index (κ3) is 4.61.